The fourth-order valence-electron chi connectivity index (χ4n) is 2.62. The van der Waals surface area contributed by atoms with Crippen LogP contribution >= 0.6 is 11.3 Å². The van der Waals surface area contributed by atoms with Crippen molar-refractivity contribution in [2.75, 3.05) is 19.6 Å². The van der Waals surface area contributed by atoms with Gasteiger partial charge < -0.3 is 10.2 Å². The molecule has 1 fully saturated rings. The van der Waals surface area contributed by atoms with E-state index >= 15 is 0 Å². The summed E-state index contributed by atoms with van der Waals surface area (Å²) in [6, 6.07) is 2.05. The Morgan fingerprint density at radius 3 is 2.91 bits per heavy atom. The summed E-state index contributed by atoms with van der Waals surface area (Å²) in [7, 11) is 0. The number of nitrogens with zero attached hydrogens (tertiary/aromatic N) is 4. The summed E-state index contributed by atoms with van der Waals surface area (Å²) in [5.41, 5.74) is 0. The first-order chi connectivity index (χ1) is 10.8. The Labute approximate surface area is 133 Å². The van der Waals surface area contributed by atoms with Gasteiger partial charge in [-0.2, -0.15) is 0 Å². The summed E-state index contributed by atoms with van der Waals surface area (Å²) in [6.45, 7) is 4.72. The average molecular weight is 317 g/mol. The Kier molecular flexibility index (Phi) is 4.74. The molecule has 116 valence electrons. The molecule has 7 heteroatoms. The molecule has 0 aliphatic carbocycles. The van der Waals surface area contributed by atoms with Crippen LogP contribution in [0.3, 0.4) is 0 Å². The van der Waals surface area contributed by atoms with Crippen LogP contribution in [0.1, 0.15) is 29.4 Å². The van der Waals surface area contributed by atoms with Crippen LogP contribution in [0.2, 0.25) is 0 Å². The molecule has 1 unspecified atom stereocenters. The van der Waals surface area contributed by atoms with Crippen LogP contribution in [0.5, 0.6) is 0 Å². The van der Waals surface area contributed by atoms with Crippen molar-refractivity contribution in [3.8, 4) is 10.8 Å². The van der Waals surface area contributed by atoms with E-state index in [4.69, 9.17) is 0 Å². The minimum absolute atomic E-state index is 0.0650. The minimum Gasteiger partial charge on any atom is -0.334 e. The van der Waals surface area contributed by atoms with Gasteiger partial charge in [0, 0.05) is 31.5 Å². The first-order valence-electron chi connectivity index (χ1n) is 7.54. The molecule has 2 aromatic heterocycles. The number of hydrogen-bond donors (Lipinski definition) is 1. The molecule has 1 atom stereocenters. The van der Waals surface area contributed by atoms with Gasteiger partial charge >= 0.3 is 0 Å². The summed E-state index contributed by atoms with van der Waals surface area (Å²) in [5.74, 6) is 0.631. The number of rotatable bonds is 5. The van der Waals surface area contributed by atoms with Crippen molar-refractivity contribution in [3.63, 3.8) is 0 Å². The van der Waals surface area contributed by atoms with Crippen LogP contribution < -0.4 is 5.32 Å². The highest BCUT2D eigenvalue weighted by Gasteiger charge is 2.28. The SMILES string of the molecule is CCCN(C(=O)c1cnc(-c2ncccn2)s1)C1CCNC1. The van der Waals surface area contributed by atoms with Gasteiger partial charge in [-0.05, 0) is 25.5 Å². The second kappa shape index (κ2) is 6.93. The van der Waals surface area contributed by atoms with Gasteiger partial charge in [-0.15, -0.1) is 11.3 Å². The summed E-state index contributed by atoms with van der Waals surface area (Å²) in [6.07, 6.45) is 6.97. The molecule has 0 saturated carbocycles. The fraction of sp³-hybridized carbons (Fsp3) is 0.467. The van der Waals surface area contributed by atoms with Crippen LogP contribution in [-0.4, -0.2) is 51.4 Å². The fourth-order valence-corrected chi connectivity index (χ4v) is 3.44. The number of hydrogen-bond acceptors (Lipinski definition) is 6. The van der Waals surface area contributed by atoms with E-state index in [0.29, 0.717) is 15.7 Å². The molecular weight excluding hydrogens is 298 g/mol. The van der Waals surface area contributed by atoms with E-state index in [1.54, 1.807) is 24.7 Å². The van der Waals surface area contributed by atoms with Crippen LogP contribution in [-0.2, 0) is 0 Å². The molecule has 1 N–H and O–H groups in total. The molecule has 0 bridgehead atoms. The van der Waals surface area contributed by atoms with Crippen LogP contribution in [0, 0.1) is 0 Å². The van der Waals surface area contributed by atoms with Crippen molar-refractivity contribution in [1.82, 2.24) is 25.2 Å². The summed E-state index contributed by atoms with van der Waals surface area (Å²) >= 11 is 1.36. The molecule has 6 nitrogen and oxygen atoms in total. The van der Waals surface area contributed by atoms with Gasteiger partial charge in [-0.3, -0.25) is 4.79 Å². The Balaban J connectivity index is 1.80. The number of thiazole rings is 1. The Hall–Kier alpha value is -1.86. The lowest BCUT2D eigenvalue weighted by molar-refractivity contribution is 0.0697. The molecular formula is C15H19N5OS. The standard InChI is InChI=1S/C15H19N5OS/c1-2-8-20(11-4-7-16-9-11)15(21)12-10-19-14(22-12)13-17-5-3-6-18-13/h3,5-6,10-11,16H,2,4,7-9H2,1H3. The molecule has 1 aliphatic heterocycles. The second-order valence-electron chi connectivity index (χ2n) is 5.25. The smallest absolute Gasteiger partial charge is 0.265 e. The van der Waals surface area contributed by atoms with E-state index < -0.39 is 0 Å². The van der Waals surface area contributed by atoms with Crippen LogP contribution in [0.15, 0.2) is 24.7 Å². The predicted octanol–water partition coefficient (Wildman–Crippen LogP) is 1.81. The third-order valence-corrected chi connectivity index (χ3v) is 4.66. The van der Waals surface area contributed by atoms with Crippen molar-refractivity contribution >= 4 is 17.2 Å². The zero-order valence-corrected chi connectivity index (χ0v) is 13.3. The molecule has 3 heterocycles. The van der Waals surface area contributed by atoms with Gasteiger partial charge in [0.15, 0.2) is 10.8 Å². The van der Waals surface area contributed by atoms with E-state index in [1.807, 2.05) is 4.90 Å². The molecule has 1 aliphatic rings. The van der Waals surface area contributed by atoms with E-state index in [0.717, 1.165) is 32.5 Å². The molecule has 2 aromatic rings. The van der Waals surface area contributed by atoms with Gasteiger partial charge in [0.05, 0.1) is 6.20 Å². The highest BCUT2D eigenvalue weighted by Crippen LogP contribution is 2.24. The Bertz CT molecular complexity index is 624. The summed E-state index contributed by atoms with van der Waals surface area (Å²) < 4.78 is 0. The summed E-state index contributed by atoms with van der Waals surface area (Å²) in [5, 5.41) is 4.01. The first-order valence-corrected chi connectivity index (χ1v) is 8.36. The number of aromatic nitrogens is 3. The largest absolute Gasteiger partial charge is 0.334 e. The van der Waals surface area contributed by atoms with Crippen molar-refractivity contribution in [1.29, 1.82) is 0 Å². The predicted molar refractivity (Wildman–Crippen MR) is 85.7 cm³/mol. The molecule has 1 saturated heterocycles. The normalized spacial score (nSPS) is 17.6. The zero-order valence-electron chi connectivity index (χ0n) is 12.5. The molecule has 0 spiro atoms. The van der Waals surface area contributed by atoms with Crippen molar-refractivity contribution < 1.29 is 4.79 Å². The average Bonchev–Trinajstić information content (AvgIpc) is 3.24. The maximum atomic E-state index is 12.8. The van der Waals surface area contributed by atoms with Crippen molar-refractivity contribution in [3.05, 3.63) is 29.5 Å². The minimum atomic E-state index is 0.0650. The van der Waals surface area contributed by atoms with Gasteiger partial charge in [0.25, 0.3) is 5.91 Å². The maximum Gasteiger partial charge on any atom is 0.265 e. The highest BCUT2D eigenvalue weighted by atomic mass is 32.1. The summed E-state index contributed by atoms with van der Waals surface area (Å²) in [4.78, 5) is 28.1. The van der Waals surface area contributed by atoms with E-state index in [-0.39, 0.29) is 11.9 Å². The quantitative estimate of drug-likeness (QED) is 0.911. The van der Waals surface area contributed by atoms with E-state index in [9.17, 15) is 4.79 Å². The number of carbonyl (C=O) groups is 1. The van der Waals surface area contributed by atoms with E-state index in [2.05, 4.69) is 27.2 Å². The maximum absolute atomic E-state index is 12.8. The molecule has 0 radical (unpaired) electrons. The lowest BCUT2D eigenvalue weighted by Crippen LogP contribution is -2.41. The second-order valence-corrected chi connectivity index (χ2v) is 6.28. The Morgan fingerprint density at radius 1 is 1.41 bits per heavy atom. The monoisotopic (exact) mass is 317 g/mol. The topological polar surface area (TPSA) is 71.0 Å². The first kappa shape index (κ1) is 15.1. The molecule has 3 rings (SSSR count). The molecule has 22 heavy (non-hydrogen) atoms. The van der Waals surface area contributed by atoms with Gasteiger partial charge in [-0.25, -0.2) is 15.0 Å². The number of nitrogens with one attached hydrogen (secondary N) is 1. The van der Waals surface area contributed by atoms with Crippen molar-refractivity contribution in [2.45, 2.75) is 25.8 Å². The highest BCUT2D eigenvalue weighted by molar-refractivity contribution is 7.16. The van der Waals surface area contributed by atoms with E-state index in [1.165, 1.54) is 11.3 Å². The Morgan fingerprint density at radius 2 is 2.23 bits per heavy atom. The number of carbonyl (C=O) groups excluding carboxylic acids is 1. The van der Waals surface area contributed by atoms with Gasteiger partial charge in [0.1, 0.15) is 4.88 Å². The molecule has 0 aromatic carbocycles. The van der Waals surface area contributed by atoms with Gasteiger partial charge in [-0.1, -0.05) is 6.92 Å². The lowest BCUT2D eigenvalue weighted by atomic mass is 10.2. The van der Waals surface area contributed by atoms with Crippen LogP contribution in [0.25, 0.3) is 10.8 Å². The molecule has 1 amide bonds. The zero-order chi connectivity index (χ0) is 15.4. The lowest BCUT2D eigenvalue weighted by Gasteiger charge is -2.27. The van der Waals surface area contributed by atoms with Crippen molar-refractivity contribution in [2.24, 2.45) is 0 Å². The third-order valence-electron chi connectivity index (χ3n) is 3.67. The third kappa shape index (κ3) is 3.15. The number of amides is 1. The van der Waals surface area contributed by atoms with Gasteiger partial charge in [0.2, 0.25) is 0 Å². The van der Waals surface area contributed by atoms with Crippen LogP contribution in [0.4, 0.5) is 0 Å².